The fourth-order valence-corrected chi connectivity index (χ4v) is 2.55. The van der Waals surface area contributed by atoms with Crippen LogP contribution in [0.25, 0.3) is 0 Å². The van der Waals surface area contributed by atoms with Crippen LogP contribution in [0.2, 0.25) is 5.02 Å². The van der Waals surface area contributed by atoms with Gasteiger partial charge in [0.05, 0.1) is 13.0 Å². The molecular weight excluding hydrogens is 326 g/mol. The van der Waals surface area contributed by atoms with E-state index in [-0.39, 0.29) is 12.2 Å². The van der Waals surface area contributed by atoms with Crippen molar-refractivity contribution in [1.29, 1.82) is 0 Å². The zero-order valence-electron chi connectivity index (χ0n) is 14.0. The van der Waals surface area contributed by atoms with Gasteiger partial charge in [0.1, 0.15) is 0 Å². The van der Waals surface area contributed by atoms with Gasteiger partial charge in [-0.15, -0.1) is 0 Å². The first-order valence-corrected chi connectivity index (χ1v) is 7.94. The van der Waals surface area contributed by atoms with Gasteiger partial charge in [-0.05, 0) is 42.0 Å². The number of ketones is 1. The zero-order valence-corrected chi connectivity index (χ0v) is 14.7. The summed E-state index contributed by atoms with van der Waals surface area (Å²) in [6.45, 7) is 0. The summed E-state index contributed by atoms with van der Waals surface area (Å²) in [6.07, 6.45) is 0.0512. The van der Waals surface area contributed by atoms with Crippen molar-refractivity contribution in [2.75, 3.05) is 26.1 Å². The Kier molecular flexibility index (Phi) is 5.99. The van der Waals surface area contributed by atoms with Gasteiger partial charge in [-0.1, -0.05) is 23.7 Å². The molecule has 0 spiro atoms. The Bertz CT molecular complexity index is 708. The standard InChI is InChI=1S/C19H20ClNO3/c1-21(2)16-10-6-13(7-11-16)17(19(23)24-3)12-18(22)14-4-8-15(20)9-5-14/h4-11,17H,12H2,1-3H3. The molecule has 0 N–H and O–H groups in total. The fourth-order valence-electron chi connectivity index (χ4n) is 2.42. The highest BCUT2D eigenvalue weighted by Crippen LogP contribution is 2.26. The second kappa shape index (κ2) is 7.97. The quantitative estimate of drug-likeness (QED) is 0.587. The van der Waals surface area contributed by atoms with Crippen molar-refractivity contribution in [3.8, 4) is 0 Å². The minimum absolute atomic E-state index is 0.0512. The maximum atomic E-state index is 12.5. The lowest BCUT2D eigenvalue weighted by atomic mass is 9.91. The summed E-state index contributed by atoms with van der Waals surface area (Å²) in [5.74, 6) is -1.18. The van der Waals surface area contributed by atoms with Crippen LogP contribution in [0.3, 0.4) is 0 Å². The highest BCUT2D eigenvalue weighted by atomic mass is 35.5. The van der Waals surface area contributed by atoms with Crippen LogP contribution in [0, 0.1) is 0 Å². The van der Waals surface area contributed by atoms with Crippen LogP contribution in [-0.4, -0.2) is 33.0 Å². The Labute approximate surface area is 147 Å². The number of anilines is 1. The van der Waals surface area contributed by atoms with Crippen molar-refractivity contribution in [2.45, 2.75) is 12.3 Å². The van der Waals surface area contributed by atoms with Gasteiger partial charge >= 0.3 is 5.97 Å². The number of esters is 1. The summed E-state index contributed by atoms with van der Waals surface area (Å²) in [6, 6.07) is 14.2. The average Bonchev–Trinajstić information content (AvgIpc) is 2.59. The monoisotopic (exact) mass is 345 g/mol. The molecule has 2 aromatic carbocycles. The number of ether oxygens (including phenoxy) is 1. The number of rotatable bonds is 6. The van der Waals surface area contributed by atoms with Crippen molar-refractivity contribution in [1.82, 2.24) is 0 Å². The van der Waals surface area contributed by atoms with Gasteiger partial charge in [-0.2, -0.15) is 0 Å². The minimum Gasteiger partial charge on any atom is -0.469 e. The minimum atomic E-state index is -0.630. The van der Waals surface area contributed by atoms with Crippen molar-refractivity contribution < 1.29 is 14.3 Å². The summed E-state index contributed by atoms with van der Waals surface area (Å²) in [4.78, 5) is 26.6. The largest absolute Gasteiger partial charge is 0.469 e. The maximum absolute atomic E-state index is 12.5. The number of carbonyl (C=O) groups is 2. The van der Waals surface area contributed by atoms with Crippen LogP contribution < -0.4 is 4.90 Å². The van der Waals surface area contributed by atoms with Crippen LogP contribution in [0.4, 0.5) is 5.69 Å². The van der Waals surface area contributed by atoms with E-state index in [9.17, 15) is 9.59 Å². The predicted octanol–water partition coefficient (Wildman–Crippen LogP) is 3.94. The number of halogens is 1. The topological polar surface area (TPSA) is 46.6 Å². The molecule has 0 heterocycles. The molecule has 126 valence electrons. The van der Waals surface area contributed by atoms with E-state index in [0.717, 1.165) is 11.3 Å². The average molecular weight is 346 g/mol. The number of carbonyl (C=O) groups excluding carboxylic acids is 2. The maximum Gasteiger partial charge on any atom is 0.313 e. The van der Waals surface area contributed by atoms with E-state index < -0.39 is 11.9 Å². The van der Waals surface area contributed by atoms with E-state index in [4.69, 9.17) is 16.3 Å². The van der Waals surface area contributed by atoms with Gasteiger partial charge < -0.3 is 9.64 Å². The van der Waals surface area contributed by atoms with Crippen LogP contribution in [0.1, 0.15) is 28.3 Å². The van der Waals surface area contributed by atoms with Gasteiger partial charge in [-0.25, -0.2) is 0 Å². The number of nitrogens with zero attached hydrogens (tertiary/aromatic N) is 1. The first-order chi connectivity index (χ1) is 11.4. The molecule has 0 aliphatic rings. The first-order valence-electron chi connectivity index (χ1n) is 7.56. The van der Waals surface area contributed by atoms with Gasteiger partial charge in [0.2, 0.25) is 0 Å². The molecule has 2 rings (SSSR count). The first kappa shape index (κ1) is 18.0. The van der Waals surface area contributed by atoms with Gasteiger partial charge in [0.15, 0.2) is 5.78 Å². The number of methoxy groups -OCH3 is 1. The second-order valence-electron chi connectivity index (χ2n) is 5.70. The summed E-state index contributed by atoms with van der Waals surface area (Å²) in [5, 5.41) is 0.565. The molecule has 0 bridgehead atoms. The Morgan fingerprint density at radius 1 is 1.04 bits per heavy atom. The molecule has 0 aliphatic carbocycles. The van der Waals surface area contributed by atoms with Gasteiger partial charge in [-0.3, -0.25) is 9.59 Å². The fraction of sp³-hybridized carbons (Fsp3) is 0.263. The zero-order chi connectivity index (χ0) is 17.7. The molecule has 1 atom stereocenters. The van der Waals surface area contributed by atoms with Gasteiger partial charge in [0.25, 0.3) is 0 Å². The molecule has 24 heavy (non-hydrogen) atoms. The highest BCUT2D eigenvalue weighted by molar-refractivity contribution is 6.30. The molecular formula is C19H20ClNO3. The summed E-state index contributed by atoms with van der Waals surface area (Å²) in [7, 11) is 5.21. The molecule has 0 amide bonds. The van der Waals surface area contributed by atoms with Crippen LogP contribution >= 0.6 is 11.6 Å². The van der Waals surface area contributed by atoms with E-state index in [2.05, 4.69) is 0 Å². The predicted molar refractivity (Wildman–Crippen MR) is 95.9 cm³/mol. The second-order valence-corrected chi connectivity index (χ2v) is 6.13. The number of benzene rings is 2. The third-order valence-electron chi connectivity index (χ3n) is 3.85. The molecule has 0 aromatic heterocycles. The SMILES string of the molecule is COC(=O)C(CC(=O)c1ccc(Cl)cc1)c1ccc(N(C)C)cc1. The molecule has 0 aliphatic heterocycles. The van der Waals surface area contributed by atoms with Crippen LogP contribution in [0.5, 0.6) is 0 Å². The Hall–Kier alpha value is -2.33. The lowest BCUT2D eigenvalue weighted by Gasteiger charge is -2.17. The Morgan fingerprint density at radius 2 is 1.62 bits per heavy atom. The highest BCUT2D eigenvalue weighted by Gasteiger charge is 2.25. The van der Waals surface area contributed by atoms with E-state index in [1.165, 1.54) is 7.11 Å². The normalized spacial score (nSPS) is 11.7. The molecule has 0 saturated heterocycles. The number of hydrogen-bond donors (Lipinski definition) is 0. The van der Waals surface area contributed by atoms with E-state index >= 15 is 0 Å². The van der Waals surface area contributed by atoms with E-state index in [1.807, 2.05) is 43.3 Å². The van der Waals surface area contributed by atoms with E-state index in [0.29, 0.717) is 10.6 Å². The van der Waals surface area contributed by atoms with E-state index in [1.54, 1.807) is 24.3 Å². The Balaban J connectivity index is 2.23. The molecule has 2 aromatic rings. The lowest BCUT2D eigenvalue weighted by molar-refractivity contribution is -0.142. The van der Waals surface area contributed by atoms with Crippen molar-refractivity contribution in [3.63, 3.8) is 0 Å². The molecule has 4 nitrogen and oxygen atoms in total. The molecule has 1 unspecified atom stereocenters. The molecule has 0 fully saturated rings. The third kappa shape index (κ3) is 4.36. The smallest absolute Gasteiger partial charge is 0.313 e. The van der Waals surface area contributed by atoms with Crippen molar-refractivity contribution in [2.24, 2.45) is 0 Å². The van der Waals surface area contributed by atoms with Gasteiger partial charge in [0, 0.05) is 36.8 Å². The summed E-state index contributed by atoms with van der Waals surface area (Å²) in [5.41, 5.74) is 2.30. The Morgan fingerprint density at radius 3 is 2.12 bits per heavy atom. The van der Waals surface area contributed by atoms with Crippen LogP contribution in [-0.2, 0) is 9.53 Å². The number of hydrogen-bond acceptors (Lipinski definition) is 4. The summed E-state index contributed by atoms with van der Waals surface area (Å²) < 4.78 is 4.88. The molecule has 0 saturated carbocycles. The lowest BCUT2D eigenvalue weighted by Crippen LogP contribution is -2.18. The summed E-state index contributed by atoms with van der Waals surface area (Å²) >= 11 is 5.84. The van der Waals surface area contributed by atoms with Crippen molar-refractivity contribution >= 4 is 29.0 Å². The molecule has 5 heteroatoms. The third-order valence-corrected chi connectivity index (χ3v) is 4.11. The van der Waals surface area contributed by atoms with Crippen LogP contribution in [0.15, 0.2) is 48.5 Å². The number of Topliss-reactive ketones (excluding diaryl/α,β-unsaturated/α-hetero) is 1. The molecule has 0 radical (unpaired) electrons. The van der Waals surface area contributed by atoms with Crippen molar-refractivity contribution in [3.05, 3.63) is 64.7 Å².